The van der Waals surface area contributed by atoms with E-state index in [-0.39, 0.29) is 11.4 Å². The van der Waals surface area contributed by atoms with Gasteiger partial charge in [-0.1, -0.05) is 6.07 Å². The number of hydrogen-bond acceptors (Lipinski definition) is 4. The highest BCUT2D eigenvalue weighted by Crippen LogP contribution is 2.24. The minimum Gasteiger partial charge on any atom is -0.337 e. The van der Waals surface area contributed by atoms with Crippen LogP contribution >= 0.6 is 0 Å². The van der Waals surface area contributed by atoms with Crippen molar-refractivity contribution in [3.05, 3.63) is 29.8 Å². The van der Waals surface area contributed by atoms with Gasteiger partial charge in [-0.25, -0.2) is 8.78 Å². The summed E-state index contributed by atoms with van der Waals surface area (Å²) in [6.07, 6.45) is 0. The molecule has 3 rings (SSSR count). The minimum absolute atomic E-state index is 0.113. The molecule has 5 nitrogen and oxygen atoms in total. The number of H-pyrrole nitrogens is 1. The van der Waals surface area contributed by atoms with Gasteiger partial charge in [0, 0.05) is 25.7 Å². The number of benzene rings is 1. The lowest BCUT2D eigenvalue weighted by Gasteiger charge is -2.30. The van der Waals surface area contributed by atoms with Crippen molar-refractivity contribution in [3.8, 4) is 11.4 Å². The largest absolute Gasteiger partial charge is 0.337 e. The molecule has 2 heterocycles. The Morgan fingerprint density at radius 1 is 1.30 bits per heavy atom. The first kappa shape index (κ1) is 13.0. The van der Waals surface area contributed by atoms with Crippen molar-refractivity contribution in [2.45, 2.75) is 13.0 Å². The molecule has 1 atom stereocenters. The Hall–Kier alpha value is -2.02. The highest BCUT2D eigenvalue weighted by molar-refractivity contribution is 5.58. The minimum atomic E-state index is -0.652. The molecule has 2 N–H and O–H groups in total. The molecule has 7 heteroatoms. The number of aromatic amines is 1. The maximum Gasteiger partial charge on any atom is 0.245 e. The third-order valence-corrected chi connectivity index (χ3v) is 3.32. The fourth-order valence-corrected chi connectivity index (χ4v) is 2.34. The number of halogens is 2. The molecule has 0 saturated carbocycles. The molecule has 0 radical (unpaired) electrons. The van der Waals surface area contributed by atoms with Gasteiger partial charge in [0.2, 0.25) is 5.95 Å². The van der Waals surface area contributed by atoms with E-state index < -0.39 is 11.6 Å². The highest BCUT2D eigenvalue weighted by Gasteiger charge is 2.21. The van der Waals surface area contributed by atoms with Crippen molar-refractivity contribution in [1.82, 2.24) is 20.5 Å². The summed E-state index contributed by atoms with van der Waals surface area (Å²) in [7, 11) is 0. The molecular formula is C13H15F2N5. The Morgan fingerprint density at radius 2 is 2.05 bits per heavy atom. The van der Waals surface area contributed by atoms with E-state index in [1.807, 2.05) is 4.90 Å². The Bertz CT molecular complexity index is 592. The van der Waals surface area contributed by atoms with Crippen LogP contribution in [-0.2, 0) is 0 Å². The van der Waals surface area contributed by atoms with Crippen LogP contribution in [0.2, 0.25) is 0 Å². The third-order valence-electron chi connectivity index (χ3n) is 3.32. The molecular weight excluding hydrogens is 264 g/mol. The van der Waals surface area contributed by atoms with E-state index in [0.29, 0.717) is 12.0 Å². The van der Waals surface area contributed by atoms with Gasteiger partial charge in [-0.3, -0.25) is 5.10 Å². The van der Waals surface area contributed by atoms with E-state index in [2.05, 4.69) is 27.4 Å². The average molecular weight is 279 g/mol. The van der Waals surface area contributed by atoms with Gasteiger partial charge in [0.25, 0.3) is 0 Å². The molecule has 1 fully saturated rings. The predicted octanol–water partition coefficient (Wildman–Crippen LogP) is 1.55. The average Bonchev–Trinajstić information content (AvgIpc) is 2.88. The second kappa shape index (κ2) is 5.16. The molecule has 1 aliphatic rings. The maximum atomic E-state index is 13.7. The molecule has 2 aromatic rings. The summed E-state index contributed by atoms with van der Waals surface area (Å²) in [5, 5.41) is 9.99. The zero-order valence-corrected chi connectivity index (χ0v) is 11.0. The van der Waals surface area contributed by atoms with Crippen LogP contribution in [0.3, 0.4) is 0 Å². The smallest absolute Gasteiger partial charge is 0.245 e. The molecule has 1 aromatic carbocycles. The predicted molar refractivity (Wildman–Crippen MR) is 71.4 cm³/mol. The quantitative estimate of drug-likeness (QED) is 0.875. The summed E-state index contributed by atoms with van der Waals surface area (Å²) in [6, 6.07) is 4.06. The van der Waals surface area contributed by atoms with E-state index in [1.54, 1.807) is 0 Å². The number of nitrogens with one attached hydrogen (secondary N) is 2. The topological polar surface area (TPSA) is 56.8 Å². The molecule has 1 unspecified atom stereocenters. The van der Waals surface area contributed by atoms with Gasteiger partial charge in [-0.2, -0.15) is 4.98 Å². The van der Waals surface area contributed by atoms with Gasteiger partial charge in [0.1, 0.15) is 11.6 Å². The van der Waals surface area contributed by atoms with Crippen LogP contribution in [0.1, 0.15) is 6.92 Å². The summed E-state index contributed by atoms with van der Waals surface area (Å²) in [4.78, 5) is 6.20. The van der Waals surface area contributed by atoms with Gasteiger partial charge in [0.15, 0.2) is 5.82 Å². The van der Waals surface area contributed by atoms with E-state index in [0.717, 1.165) is 19.6 Å². The first-order valence-electron chi connectivity index (χ1n) is 6.50. The Labute approximate surface area is 115 Å². The zero-order chi connectivity index (χ0) is 14.1. The normalized spacial score (nSPS) is 19.4. The lowest BCUT2D eigenvalue weighted by Crippen LogP contribution is -2.49. The van der Waals surface area contributed by atoms with Gasteiger partial charge >= 0.3 is 0 Å². The molecule has 106 valence electrons. The Morgan fingerprint density at radius 3 is 2.75 bits per heavy atom. The van der Waals surface area contributed by atoms with E-state index in [1.165, 1.54) is 18.2 Å². The fourth-order valence-electron chi connectivity index (χ4n) is 2.34. The number of aromatic nitrogens is 3. The van der Waals surface area contributed by atoms with Crippen LogP contribution in [0.4, 0.5) is 14.7 Å². The molecule has 1 saturated heterocycles. The number of piperazine rings is 1. The molecule has 20 heavy (non-hydrogen) atoms. The van der Waals surface area contributed by atoms with Crippen LogP contribution in [0.25, 0.3) is 11.4 Å². The monoisotopic (exact) mass is 279 g/mol. The second-order valence-corrected chi connectivity index (χ2v) is 4.88. The molecule has 0 amide bonds. The number of nitrogens with zero attached hydrogens (tertiary/aromatic N) is 3. The Kier molecular flexibility index (Phi) is 3.35. The van der Waals surface area contributed by atoms with Crippen LogP contribution in [0, 0.1) is 11.6 Å². The molecule has 0 spiro atoms. The van der Waals surface area contributed by atoms with E-state index in [4.69, 9.17) is 0 Å². The van der Waals surface area contributed by atoms with Crippen LogP contribution in [0.5, 0.6) is 0 Å². The SMILES string of the molecule is CC1CN(c2n[nH]c(-c3c(F)cccc3F)n2)CCN1. The second-order valence-electron chi connectivity index (χ2n) is 4.88. The number of rotatable bonds is 2. The summed E-state index contributed by atoms with van der Waals surface area (Å²) < 4.78 is 27.4. The van der Waals surface area contributed by atoms with Crippen molar-refractivity contribution in [1.29, 1.82) is 0 Å². The molecule has 0 aliphatic carbocycles. The molecule has 0 bridgehead atoms. The van der Waals surface area contributed by atoms with Crippen molar-refractivity contribution >= 4 is 5.95 Å². The number of hydrogen-bond donors (Lipinski definition) is 2. The van der Waals surface area contributed by atoms with Crippen molar-refractivity contribution in [2.75, 3.05) is 24.5 Å². The summed E-state index contributed by atoms with van der Waals surface area (Å²) in [5.41, 5.74) is -0.172. The lowest BCUT2D eigenvalue weighted by molar-refractivity contribution is 0.480. The standard InChI is InChI=1S/C13H15F2N5/c1-8-7-20(6-5-16-8)13-17-12(18-19-13)11-9(14)3-2-4-10(11)15/h2-4,8,16H,5-7H2,1H3,(H,17,18,19). The highest BCUT2D eigenvalue weighted by atomic mass is 19.1. The van der Waals surface area contributed by atoms with Crippen LogP contribution < -0.4 is 10.2 Å². The summed E-state index contributed by atoms with van der Waals surface area (Å²) in [6.45, 7) is 4.42. The first-order chi connectivity index (χ1) is 9.65. The van der Waals surface area contributed by atoms with Gasteiger partial charge in [0.05, 0.1) is 5.56 Å². The van der Waals surface area contributed by atoms with Crippen molar-refractivity contribution in [2.24, 2.45) is 0 Å². The maximum absolute atomic E-state index is 13.7. The van der Waals surface area contributed by atoms with Crippen LogP contribution in [0.15, 0.2) is 18.2 Å². The Balaban J connectivity index is 1.90. The first-order valence-corrected chi connectivity index (χ1v) is 6.50. The third kappa shape index (κ3) is 2.36. The zero-order valence-electron chi connectivity index (χ0n) is 11.0. The molecule has 1 aliphatic heterocycles. The van der Waals surface area contributed by atoms with Crippen molar-refractivity contribution in [3.63, 3.8) is 0 Å². The van der Waals surface area contributed by atoms with Gasteiger partial charge in [-0.15, -0.1) is 5.10 Å². The lowest BCUT2D eigenvalue weighted by atomic mass is 10.2. The van der Waals surface area contributed by atoms with Crippen LogP contribution in [-0.4, -0.2) is 40.9 Å². The summed E-state index contributed by atoms with van der Waals surface area (Å²) in [5.74, 6) is -0.722. The summed E-state index contributed by atoms with van der Waals surface area (Å²) >= 11 is 0. The van der Waals surface area contributed by atoms with E-state index in [9.17, 15) is 8.78 Å². The number of anilines is 1. The molecule has 1 aromatic heterocycles. The fraction of sp³-hybridized carbons (Fsp3) is 0.385. The van der Waals surface area contributed by atoms with E-state index >= 15 is 0 Å². The van der Waals surface area contributed by atoms with Gasteiger partial charge in [-0.05, 0) is 19.1 Å². The van der Waals surface area contributed by atoms with Gasteiger partial charge < -0.3 is 10.2 Å². The van der Waals surface area contributed by atoms with Crippen molar-refractivity contribution < 1.29 is 8.78 Å².